The minimum Gasteiger partial charge on any atom is -0.430 e. The van der Waals surface area contributed by atoms with Crippen molar-refractivity contribution in [1.29, 1.82) is 0 Å². The number of benzene rings is 5. The lowest BCUT2D eigenvalue weighted by atomic mass is 9.74. The van der Waals surface area contributed by atoms with Crippen molar-refractivity contribution in [2.45, 2.75) is 38.8 Å². The second kappa shape index (κ2) is 10.3. The second-order valence-electron chi connectivity index (χ2n) is 11.2. The highest BCUT2D eigenvalue weighted by Gasteiger charge is 2.59. The van der Waals surface area contributed by atoms with Crippen molar-refractivity contribution in [2.75, 3.05) is 0 Å². The Morgan fingerprint density at radius 2 is 1.23 bits per heavy atom. The standard InChI is InChI=1S/C36H33NO3/c1-24(2)33-36(31-19-17-27-13-7-9-15-29(27)22-31,32-20-18-28-14-8-10-16-30(28)23-32)40-35(39)37(33)34(38)25(3)21-26-11-5-4-6-12-26/h4-20,22-25,33H,21H2,1-3H3/t25-,33-/m0/s1. The van der Waals surface area contributed by atoms with Crippen LogP contribution in [0.1, 0.15) is 37.5 Å². The van der Waals surface area contributed by atoms with Crippen LogP contribution in [0.5, 0.6) is 0 Å². The number of cyclic esters (lactones) is 1. The van der Waals surface area contributed by atoms with Gasteiger partial charge >= 0.3 is 6.09 Å². The maximum atomic E-state index is 14.1. The molecule has 0 N–H and O–H groups in total. The fourth-order valence-corrected chi connectivity index (χ4v) is 6.30. The predicted octanol–water partition coefficient (Wildman–Crippen LogP) is 8.12. The zero-order valence-electron chi connectivity index (χ0n) is 23.1. The van der Waals surface area contributed by atoms with Gasteiger partial charge in [0.05, 0.1) is 6.04 Å². The Kier molecular flexibility index (Phi) is 6.63. The fraction of sp³-hybridized carbons (Fsp3) is 0.222. The van der Waals surface area contributed by atoms with Crippen LogP contribution in [0.3, 0.4) is 0 Å². The number of nitrogens with zero attached hydrogens (tertiary/aromatic N) is 1. The van der Waals surface area contributed by atoms with Crippen LogP contribution < -0.4 is 0 Å². The lowest BCUT2D eigenvalue weighted by Gasteiger charge is -2.38. The molecule has 0 radical (unpaired) electrons. The van der Waals surface area contributed by atoms with E-state index in [2.05, 4.69) is 62.4 Å². The third-order valence-corrected chi connectivity index (χ3v) is 8.17. The average molecular weight is 528 g/mol. The Morgan fingerprint density at radius 1 is 0.725 bits per heavy atom. The number of carbonyl (C=O) groups is 2. The van der Waals surface area contributed by atoms with Crippen LogP contribution in [0.4, 0.5) is 4.79 Å². The van der Waals surface area contributed by atoms with E-state index in [0.29, 0.717) is 6.42 Å². The van der Waals surface area contributed by atoms with Gasteiger partial charge in [-0.15, -0.1) is 0 Å². The molecule has 1 heterocycles. The third kappa shape index (κ3) is 4.34. The highest BCUT2D eigenvalue weighted by molar-refractivity contribution is 5.96. The van der Waals surface area contributed by atoms with Gasteiger partial charge in [0.15, 0.2) is 5.60 Å². The van der Waals surface area contributed by atoms with Crippen molar-refractivity contribution >= 4 is 33.5 Å². The number of rotatable bonds is 6. The average Bonchev–Trinajstić information content (AvgIpc) is 3.30. The molecule has 2 atom stereocenters. The van der Waals surface area contributed by atoms with Gasteiger partial charge in [-0.1, -0.05) is 124 Å². The molecule has 2 amide bonds. The van der Waals surface area contributed by atoms with Crippen molar-refractivity contribution in [3.63, 3.8) is 0 Å². The van der Waals surface area contributed by atoms with E-state index < -0.39 is 17.7 Å². The summed E-state index contributed by atoms with van der Waals surface area (Å²) in [5, 5.41) is 4.33. The minimum absolute atomic E-state index is 0.0720. The molecule has 0 bridgehead atoms. The summed E-state index contributed by atoms with van der Waals surface area (Å²) in [6.45, 7) is 6.02. The third-order valence-electron chi connectivity index (χ3n) is 8.17. The lowest BCUT2D eigenvalue weighted by molar-refractivity contribution is -0.134. The molecule has 1 aliphatic rings. The van der Waals surface area contributed by atoms with Gasteiger partial charge in [0, 0.05) is 17.0 Å². The first kappa shape index (κ1) is 25.8. The van der Waals surface area contributed by atoms with Gasteiger partial charge in [0.25, 0.3) is 0 Å². The molecule has 5 aromatic carbocycles. The molecule has 1 aliphatic heterocycles. The summed E-state index contributed by atoms with van der Waals surface area (Å²) in [4.78, 5) is 29.3. The quantitative estimate of drug-likeness (QED) is 0.224. The van der Waals surface area contributed by atoms with E-state index in [1.54, 1.807) is 0 Å². The first-order valence-corrected chi connectivity index (χ1v) is 14.0. The molecule has 6 rings (SSSR count). The van der Waals surface area contributed by atoms with E-state index in [0.717, 1.165) is 38.2 Å². The van der Waals surface area contributed by atoms with Crippen LogP contribution in [0.25, 0.3) is 21.5 Å². The van der Waals surface area contributed by atoms with E-state index in [9.17, 15) is 9.59 Å². The molecule has 0 saturated carbocycles. The number of imide groups is 1. The van der Waals surface area contributed by atoms with Crippen molar-refractivity contribution < 1.29 is 14.3 Å². The van der Waals surface area contributed by atoms with Gasteiger partial charge in [0.2, 0.25) is 5.91 Å². The van der Waals surface area contributed by atoms with Gasteiger partial charge in [-0.05, 0) is 51.6 Å². The first-order chi connectivity index (χ1) is 19.4. The van der Waals surface area contributed by atoms with Gasteiger partial charge < -0.3 is 4.74 Å². The van der Waals surface area contributed by atoms with E-state index in [4.69, 9.17) is 4.74 Å². The number of fused-ring (bicyclic) bond motifs is 2. The van der Waals surface area contributed by atoms with Crippen LogP contribution in [-0.2, 0) is 21.6 Å². The highest BCUT2D eigenvalue weighted by Crippen LogP contribution is 2.49. The van der Waals surface area contributed by atoms with E-state index in [1.807, 2.05) is 73.7 Å². The topological polar surface area (TPSA) is 46.6 Å². The smallest absolute Gasteiger partial charge is 0.418 e. The second-order valence-corrected chi connectivity index (χ2v) is 11.2. The Morgan fingerprint density at radius 3 is 1.75 bits per heavy atom. The Labute approximate surface area is 235 Å². The summed E-state index contributed by atoms with van der Waals surface area (Å²) < 4.78 is 6.49. The molecule has 0 spiro atoms. The van der Waals surface area contributed by atoms with E-state index >= 15 is 0 Å². The van der Waals surface area contributed by atoms with Crippen molar-refractivity contribution in [2.24, 2.45) is 11.8 Å². The molecular weight excluding hydrogens is 494 g/mol. The molecule has 0 aromatic heterocycles. The molecule has 4 nitrogen and oxygen atoms in total. The fourth-order valence-electron chi connectivity index (χ4n) is 6.30. The van der Waals surface area contributed by atoms with Crippen LogP contribution in [0, 0.1) is 11.8 Å². The number of amides is 2. The summed E-state index contributed by atoms with van der Waals surface area (Å²) >= 11 is 0. The molecule has 0 aliphatic carbocycles. The lowest BCUT2D eigenvalue weighted by Crippen LogP contribution is -2.51. The predicted molar refractivity (Wildman–Crippen MR) is 160 cm³/mol. The van der Waals surface area contributed by atoms with Gasteiger partial charge in [-0.2, -0.15) is 0 Å². The molecular formula is C36H33NO3. The van der Waals surface area contributed by atoms with Crippen LogP contribution in [0.2, 0.25) is 0 Å². The highest BCUT2D eigenvalue weighted by atomic mass is 16.6. The summed E-state index contributed by atoms with van der Waals surface area (Å²) in [5.41, 5.74) is 1.62. The minimum atomic E-state index is -1.17. The number of ether oxygens (including phenoxy) is 1. The summed E-state index contributed by atoms with van der Waals surface area (Å²) in [7, 11) is 0. The molecule has 0 unspecified atom stereocenters. The maximum absolute atomic E-state index is 14.1. The molecule has 1 saturated heterocycles. The van der Waals surface area contributed by atoms with Crippen LogP contribution in [0.15, 0.2) is 115 Å². The molecule has 5 aromatic rings. The number of hydrogen-bond acceptors (Lipinski definition) is 3. The summed E-state index contributed by atoms with van der Waals surface area (Å²) in [6.07, 6.45) is -0.0438. The van der Waals surface area contributed by atoms with Crippen LogP contribution >= 0.6 is 0 Å². The maximum Gasteiger partial charge on any atom is 0.418 e. The molecule has 40 heavy (non-hydrogen) atoms. The Hall–Kier alpha value is -4.44. The zero-order chi connectivity index (χ0) is 27.9. The number of hydrogen-bond donors (Lipinski definition) is 0. The molecule has 1 fully saturated rings. The number of carbonyl (C=O) groups excluding carboxylic acids is 2. The van der Waals surface area contributed by atoms with Crippen molar-refractivity contribution in [3.05, 3.63) is 132 Å². The zero-order valence-corrected chi connectivity index (χ0v) is 23.1. The van der Waals surface area contributed by atoms with Gasteiger partial charge in [-0.3, -0.25) is 4.79 Å². The normalized spacial score (nSPS) is 17.4. The summed E-state index contributed by atoms with van der Waals surface area (Å²) in [6, 6.07) is 38.2. The van der Waals surface area contributed by atoms with E-state index in [1.165, 1.54) is 4.90 Å². The largest absolute Gasteiger partial charge is 0.430 e. The van der Waals surface area contributed by atoms with Crippen LogP contribution in [-0.4, -0.2) is 22.9 Å². The van der Waals surface area contributed by atoms with Gasteiger partial charge in [0.1, 0.15) is 0 Å². The summed E-state index contributed by atoms with van der Waals surface area (Å²) in [5.74, 6) is -0.673. The SMILES string of the molecule is CC(C)[C@@H]1N(C(=O)[C@@H](C)Cc2ccccc2)C(=O)OC1(c1ccc2ccccc2c1)c1ccc2ccccc2c1. The monoisotopic (exact) mass is 527 g/mol. The Bertz CT molecular complexity index is 1630. The van der Waals surface area contributed by atoms with Gasteiger partial charge in [-0.25, -0.2) is 9.69 Å². The molecule has 4 heteroatoms. The van der Waals surface area contributed by atoms with E-state index in [-0.39, 0.29) is 17.7 Å². The Balaban J connectivity index is 1.52. The van der Waals surface area contributed by atoms with Crippen molar-refractivity contribution in [1.82, 2.24) is 4.90 Å². The van der Waals surface area contributed by atoms with Crippen molar-refractivity contribution in [3.8, 4) is 0 Å². The molecule has 200 valence electrons. The first-order valence-electron chi connectivity index (χ1n) is 14.0.